The van der Waals surface area contributed by atoms with E-state index in [0.717, 1.165) is 25.2 Å². The molecule has 98 valence electrons. The summed E-state index contributed by atoms with van der Waals surface area (Å²) in [4.78, 5) is 2.46. The Morgan fingerprint density at radius 2 is 1.74 bits per heavy atom. The molecule has 3 rings (SSSR count). The molecule has 0 atom stereocenters. The molecule has 0 saturated heterocycles. The fraction of sp³-hybridized carbons (Fsp3) is 0.294. The molecule has 0 saturated carbocycles. The first-order valence-corrected chi connectivity index (χ1v) is 6.83. The molecule has 2 aromatic rings. The van der Waals surface area contributed by atoms with E-state index < -0.39 is 0 Å². The van der Waals surface area contributed by atoms with E-state index in [2.05, 4.69) is 55.1 Å². The number of fused-ring (bicyclic) bond motifs is 1. The number of benzene rings is 2. The minimum Gasteiger partial charge on any atom is -0.399 e. The number of rotatable bonds is 1. The standard InChI is InChI=1S/C17H20N2/c1-12-10-17(13(2)9-16(12)18)19-8-7-14-5-3-4-6-15(14)11-19/h3-6,9-10H,7-8,11,18H2,1-2H3. The van der Waals surface area contributed by atoms with E-state index in [1.54, 1.807) is 0 Å². The fourth-order valence-corrected chi connectivity index (χ4v) is 2.87. The molecule has 2 heteroatoms. The summed E-state index contributed by atoms with van der Waals surface area (Å²) in [6, 6.07) is 13.1. The van der Waals surface area contributed by atoms with Gasteiger partial charge >= 0.3 is 0 Å². The number of anilines is 2. The molecule has 1 aliphatic heterocycles. The van der Waals surface area contributed by atoms with E-state index in [1.807, 2.05) is 0 Å². The van der Waals surface area contributed by atoms with E-state index in [9.17, 15) is 0 Å². The number of hydrogen-bond donors (Lipinski definition) is 1. The molecule has 0 radical (unpaired) electrons. The van der Waals surface area contributed by atoms with E-state index >= 15 is 0 Å². The maximum Gasteiger partial charge on any atom is 0.0432 e. The van der Waals surface area contributed by atoms with Gasteiger partial charge in [0.05, 0.1) is 0 Å². The highest BCUT2D eigenvalue weighted by Crippen LogP contribution is 2.30. The summed E-state index contributed by atoms with van der Waals surface area (Å²) in [6.45, 7) is 6.31. The molecule has 2 aromatic carbocycles. The van der Waals surface area contributed by atoms with Gasteiger partial charge in [0.15, 0.2) is 0 Å². The van der Waals surface area contributed by atoms with Crippen LogP contribution in [0.5, 0.6) is 0 Å². The van der Waals surface area contributed by atoms with Gasteiger partial charge in [-0.15, -0.1) is 0 Å². The van der Waals surface area contributed by atoms with Crippen LogP contribution >= 0.6 is 0 Å². The Morgan fingerprint density at radius 1 is 1.00 bits per heavy atom. The zero-order chi connectivity index (χ0) is 13.4. The van der Waals surface area contributed by atoms with Gasteiger partial charge in [0.1, 0.15) is 0 Å². The lowest BCUT2D eigenvalue weighted by Gasteiger charge is -2.32. The van der Waals surface area contributed by atoms with Gasteiger partial charge in [-0.05, 0) is 54.7 Å². The SMILES string of the molecule is Cc1cc(N2CCc3ccccc3C2)c(C)cc1N. The van der Waals surface area contributed by atoms with Crippen LogP contribution in [0.2, 0.25) is 0 Å². The average molecular weight is 252 g/mol. The zero-order valence-corrected chi connectivity index (χ0v) is 11.6. The van der Waals surface area contributed by atoms with E-state index in [-0.39, 0.29) is 0 Å². The molecule has 2 N–H and O–H groups in total. The lowest BCUT2D eigenvalue weighted by Crippen LogP contribution is -2.30. The van der Waals surface area contributed by atoms with Gasteiger partial charge in [-0.25, -0.2) is 0 Å². The van der Waals surface area contributed by atoms with Crippen LogP contribution in [-0.2, 0) is 13.0 Å². The lowest BCUT2D eigenvalue weighted by molar-refractivity contribution is 0.729. The third-order valence-corrected chi connectivity index (χ3v) is 4.06. The number of nitrogens with zero attached hydrogens (tertiary/aromatic N) is 1. The maximum absolute atomic E-state index is 5.98. The molecule has 0 bridgehead atoms. The van der Waals surface area contributed by atoms with Crippen LogP contribution in [0.4, 0.5) is 11.4 Å². The van der Waals surface area contributed by atoms with E-state index in [0.29, 0.717) is 0 Å². The Kier molecular flexibility index (Phi) is 2.94. The summed E-state index contributed by atoms with van der Waals surface area (Å²) in [5.74, 6) is 0. The number of hydrogen-bond acceptors (Lipinski definition) is 2. The molecule has 0 amide bonds. The van der Waals surface area contributed by atoms with Crippen molar-refractivity contribution in [1.29, 1.82) is 0 Å². The van der Waals surface area contributed by atoms with Crippen LogP contribution in [0.15, 0.2) is 36.4 Å². The van der Waals surface area contributed by atoms with E-state index in [4.69, 9.17) is 5.73 Å². The van der Waals surface area contributed by atoms with Crippen molar-refractivity contribution >= 4 is 11.4 Å². The number of aryl methyl sites for hydroxylation is 2. The van der Waals surface area contributed by atoms with E-state index in [1.165, 1.54) is 27.9 Å². The minimum absolute atomic E-state index is 0.888. The normalized spacial score (nSPS) is 14.3. The van der Waals surface area contributed by atoms with Gasteiger partial charge in [0.2, 0.25) is 0 Å². The maximum atomic E-state index is 5.98. The Labute approximate surface area is 114 Å². The quantitative estimate of drug-likeness (QED) is 0.788. The average Bonchev–Trinajstić information content (AvgIpc) is 2.42. The molecule has 2 nitrogen and oxygen atoms in total. The van der Waals surface area contributed by atoms with Gasteiger partial charge in [-0.1, -0.05) is 24.3 Å². The van der Waals surface area contributed by atoms with Crippen molar-refractivity contribution in [2.75, 3.05) is 17.2 Å². The Balaban J connectivity index is 1.95. The van der Waals surface area contributed by atoms with Crippen molar-refractivity contribution in [3.05, 3.63) is 58.7 Å². The summed E-state index contributed by atoms with van der Waals surface area (Å²) in [5.41, 5.74) is 13.6. The molecular weight excluding hydrogens is 232 g/mol. The van der Waals surface area contributed by atoms with Crippen molar-refractivity contribution in [2.45, 2.75) is 26.8 Å². The molecule has 0 unspecified atom stereocenters. The molecule has 0 aliphatic carbocycles. The first-order valence-electron chi connectivity index (χ1n) is 6.83. The molecule has 19 heavy (non-hydrogen) atoms. The van der Waals surface area contributed by atoms with Crippen molar-refractivity contribution in [3.63, 3.8) is 0 Å². The van der Waals surface area contributed by atoms with Gasteiger partial charge in [-0.3, -0.25) is 0 Å². The Hall–Kier alpha value is -1.96. The van der Waals surface area contributed by atoms with Crippen molar-refractivity contribution in [2.24, 2.45) is 0 Å². The van der Waals surface area contributed by atoms with Crippen LogP contribution in [-0.4, -0.2) is 6.54 Å². The highest BCUT2D eigenvalue weighted by molar-refractivity contribution is 5.63. The largest absolute Gasteiger partial charge is 0.399 e. The Morgan fingerprint density at radius 3 is 2.53 bits per heavy atom. The summed E-state index contributed by atoms with van der Waals surface area (Å²) >= 11 is 0. The minimum atomic E-state index is 0.888. The van der Waals surface area contributed by atoms with Crippen LogP contribution in [0.1, 0.15) is 22.3 Å². The topological polar surface area (TPSA) is 29.3 Å². The second-order valence-corrected chi connectivity index (χ2v) is 5.44. The third kappa shape index (κ3) is 2.19. The van der Waals surface area contributed by atoms with Crippen molar-refractivity contribution in [1.82, 2.24) is 0 Å². The molecule has 0 aromatic heterocycles. The van der Waals surface area contributed by atoms with Gasteiger partial charge < -0.3 is 10.6 Å². The van der Waals surface area contributed by atoms with Crippen LogP contribution in [0.3, 0.4) is 0 Å². The van der Waals surface area contributed by atoms with Crippen LogP contribution in [0, 0.1) is 13.8 Å². The summed E-state index contributed by atoms with van der Waals surface area (Å²) in [7, 11) is 0. The molecule has 1 heterocycles. The molecule has 1 aliphatic rings. The number of nitrogens with two attached hydrogens (primary N) is 1. The predicted octanol–water partition coefficient (Wildman–Crippen LogP) is 3.45. The smallest absolute Gasteiger partial charge is 0.0432 e. The summed E-state index contributed by atoms with van der Waals surface area (Å²) < 4.78 is 0. The van der Waals surface area contributed by atoms with Gasteiger partial charge in [0.25, 0.3) is 0 Å². The third-order valence-electron chi connectivity index (χ3n) is 4.06. The van der Waals surface area contributed by atoms with Crippen LogP contribution in [0.25, 0.3) is 0 Å². The highest BCUT2D eigenvalue weighted by Gasteiger charge is 2.17. The molecule has 0 spiro atoms. The summed E-state index contributed by atoms with van der Waals surface area (Å²) in [6.07, 6.45) is 1.12. The first-order chi connectivity index (χ1) is 9.15. The second-order valence-electron chi connectivity index (χ2n) is 5.44. The first kappa shape index (κ1) is 12.1. The molecule has 0 fully saturated rings. The van der Waals surface area contributed by atoms with Crippen molar-refractivity contribution < 1.29 is 0 Å². The fourth-order valence-electron chi connectivity index (χ4n) is 2.87. The Bertz CT molecular complexity index is 617. The number of nitrogen functional groups attached to an aromatic ring is 1. The monoisotopic (exact) mass is 252 g/mol. The van der Waals surface area contributed by atoms with Crippen LogP contribution < -0.4 is 10.6 Å². The zero-order valence-electron chi connectivity index (χ0n) is 11.6. The lowest BCUT2D eigenvalue weighted by atomic mass is 9.98. The summed E-state index contributed by atoms with van der Waals surface area (Å²) in [5, 5.41) is 0. The van der Waals surface area contributed by atoms with Gasteiger partial charge in [0, 0.05) is 24.5 Å². The molecular formula is C17H20N2. The van der Waals surface area contributed by atoms with Crippen molar-refractivity contribution in [3.8, 4) is 0 Å². The predicted molar refractivity (Wildman–Crippen MR) is 81.5 cm³/mol. The van der Waals surface area contributed by atoms with Gasteiger partial charge in [-0.2, -0.15) is 0 Å². The second kappa shape index (κ2) is 4.61. The highest BCUT2D eigenvalue weighted by atomic mass is 15.1.